The highest BCUT2D eigenvalue weighted by Crippen LogP contribution is 2.34. The van der Waals surface area contributed by atoms with E-state index >= 15 is 0 Å². The Morgan fingerprint density at radius 3 is 0.951 bits per heavy atom. The molecule has 0 aliphatic heterocycles. The van der Waals surface area contributed by atoms with Gasteiger partial charge in [0.25, 0.3) is 0 Å². The highest BCUT2D eigenvalue weighted by molar-refractivity contribution is 5.80. The first kappa shape index (κ1) is 37.1. The SMILES string of the molecule is Cc1ccc(-c2nc(-c3ccccc3)nc(-c3ccc(-c4ccccc4)cc3)n2)cc1-c1cccc(-c2cccc(-c3nc(-c4ccccc4)nc(-c4ccccc4)n3)c2)c1. The molecule has 0 unspecified atom stereocenters. The standard InChI is InChI=1S/C55H38N6/c1-37-28-29-48(55-60-52(42-22-12-5-13-23-42)57-53(61-55)43-32-30-39(31-33-43)38-16-6-2-7-17-38)36-49(37)46-26-14-24-44(34-46)45-25-15-27-47(35-45)54-58-50(40-18-8-3-9-19-40)56-51(59-54)41-20-10-4-11-21-41/h2-36H,1H3. The van der Waals surface area contributed by atoms with Gasteiger partial charge in [-0.15, -0.1) is 0 Å². The zero-order valence-corrected chi connectivity index (χ0v) is 33.4. The molecule has 8 aromatic carbocycles. The molecule has 0 saturated carbocycles. The van der Waals surface area contributed by atoms with E-state index in [1.165, 1.54) is 0 Å². The van der Waals surface area contributed by atoms with Gasteiger partial charge in [-0.3, -0.25) is 0 Å². The van der Waals surface area contributed by atoms with Crippen LogP contribution in [-0.4, -0.2) is 29.9 Å². The molecule has 2 aromatic heterocycles. The fraction of sp³-hybridized carbons (Fsp3) is 0.0182. The van der Waals surface area contributed by atoms with Crippen LogP contribution in [0.5, 0.6) is 0 Å². The van der Waals surface area contributed by atoms with Gasteiger partial charge in [0.2, 0.25) is 0 Å². The molecule has 6 heteroatoms. The van der Waals surface area contributed by atoms with Crippen LogP contribution in [0, 0.1) is 6.92 Å². The fourth-order valence-electron chi connectivity index (χ4n) is 7.51. The van der Waals surface area contributed by atoms with E-state index in [1.54, 1.807) is 0 Å². The smallest absolute Gasteiger partial charge is 0.164 e. The molecule has 10 rings (SSSR count). The van der Waals surface area contributed by atoms with Crippen molar-refractivity contribution in [3.8, 4) is 102 Å². The van der Waals surface area contributed by atoms with Gasteiger partial charge < -0.3 is 0 Å². The quantitative estimate of drug-likeness (QED) is 0.145. The molecule has 288 valence electrons. The maximum atomic E-state index is 5.08. The molecule has 0 aliphatic rings. The lowest BCUT2D eigenvalue weighted by Gasteiger charge is -2.13. The van der Waals surface area contributed by atoms with Crippen molar-refractivity contribution in [2.45, 2.75) is 6.92 Å². The van der Waals surface area contributed by atoms with E-state index in [0.717, 1.165) is 72.3 Å². The average Bonchev–Trinajstić information content (AvgIpc) is 3.35. The predicted molar refractivity (Wildman–Crippen MR) is 247 cm³/mol. The molecular weight excluding hydrogens is 745 g/mol. The highest BCUT2D eigenvalue weighted by atomic mass is 15.0. The Morgan fingerprint density at radius 1 is 0.213 bits per heavy atom. The Hall–Kier alpha value is -8.22. The Labute approximate surface area is 355 Å². The van der Waals surface area contributed by atoms with Crippen LogP contribution in [0.2, 0.25) is 0 Å². The minimum Gasteiger partial charge on any atom is -0.208 e. The van der Waals surface area contributed by atoms with E-state index in [9.17, 15) is 0 Å². The molecule has 0 aliphatic carbocycles. The van der Waals surface area contributed by atoms with Crippen LogP contribution in [0.1, 0.15) is 5.56 Å². The van der Waals surface area contributed by atoms with Gasteiger partial charge in [0.15, 0.2) is 34.9 Å². The van der Waals surface area contributed by atoms with E-state index in [2.05, 4.69) is 122 Å². The van der Waals surface area contributed by atoms with Gasteiger partial charge in [0.05, 0.1) is 0 Å². The van der Waals surface area contributed by atoms with E-state index < -0.39 is 0 Å². The Balaban J connectivity index is 1.01. The van der Waals surface area contributed by atoms with Crippen LogP contribution in [0.4, 0.5) is 0 Å². The summed E-state index contributed by atoms with van der Waals surface area (Å²) in [7, 11) is 0. The zero-order valence-electron chi connectivity index (χ0n) is 33.4. The summed E-state index contributed by atoms with van der Waals surface area (Å²) in [4.78, 5) is 29.9. The Kier molecular flexibility index (Phi) is 10.1. The summed E-state index contributed by atoms with van der Waals surface area (Å²) in [5.74, 6) is 3.75. The van der Waals surface area contributed by atoms with Crippen molar-refractivity contribution in [3.05, 3.63) is 218 Å². The normalized spacial score (nSPS) is 11.0. The largest absolute Gasteiger partial charge is 0.208 e. The van der Waals surface area contributed by atoms with Crippen LogP contribution in [-0.2, 0) is 0 Å². The van der Waals surface area contributed by atoms with Gasteiger partial charge in [-0.05, 0) is 64.1 Å². The molecule has 0 saturated heterocycles. The van der Waals surface area contributed by atoms with E-state index in [1.807, 2.05) is 97.1 Å². The monoisotopic (exact) mass is 782 g/mol. The summed E-state index contributed by atoms with van der Waals surface area (Å²) < 4.78 is 0. The molecule has 0 fully saturated rings. The summed E-state index contributed by atoms with van der Waals surface area (Å²) in [5.41, 5.74) is 13.3. The van der Waals surface area contributed by atoms with Gasteiger partial charge >= 0.3 is 0 Å². The number of aryl methyl sites for hydroxylation is 1. The number of benzene rings is 8. The molecule has 61 heavy (non-hydrogen) atoms. The number of hydrogen-bond donors (Lipinski definition) is 0. The second-order valence-corrected chi connectivity index (χ2v) is 14.8. The van der Waals surface area contributed by atoms with Crippen molar-refractivity contribution in [2.75, 3.05) is 0 Å². The molecule has 0 bridgehead atoms. The van der Waals surface area contributed by atoms with E-state index in [4.69, 9.17) is 29.9 Å². The third-order valence-corrected chi connectivity index (χ3v) is 10.7. The van der Waals surface area contributed by atoms with Crippen molar-refractivity contribution in [2.24, 2.45) is 0 Å². The minimum atomic E-state index is 0.614. The van der Waals surface area contributed by atoms with Gasteiger partial charge in [0.1, 0.15) is 0 Å². The number of rotatable bonds is 9. The van der Waals surface area contributed by atoms with Crippen molar-refractivity contribution >= 4 is 0 Å². The maximum absolute atomic E-state index is 5.08. The molecule has 0 spiro atoms. The second kappa shape index (κ2) is 16.6. The summed E-state index contributed by atoms with van der Waals surface area (Å²) in [6.07, 6.45) is 0. The first-order valence-electron chi connectivity index (χ1n) is 20.3. The van der Waals surface area contributed by atoms with Gasteiger partial charge in [-0.2, -0.15) is 0 Å². The van der Waals surface area contributed by atoms with Gasteiger partial charge in [-0.25, -0.2) is 29.9 Å². The van der Waals surface area contributed by atoms with Crippen LogP contribution in [0.15, 0.2) is 212 Å². The summed E-state index contributed by atoms with van der Waals surface area (Å²) in [6, 6.07) is 72.5. The molecule has 6 nitrogen and oxygen atoms in total. The van der Waals surface area contributed by atoms with Gasteiger partial charge in [0, 0.05) is 33.4 Å². The molecule has 10 aromatic rings. The second-order valence-electron chi connectivity index (χ2n) is 14.8. The Morgan fingerprint density at radius 2 is 0.492 bits per heavy atom. The van der Waals surface area contributed by atoms with E-state index in [0.29, 0.717) is 34.9 Å². The maximum Gasteiger partial charge on any atom is 0.164 e. The first-order valence-corrected chi connectivity index (χ1v) is 20.3. The van der Waals surface area contributed by atoms with Crippen molar-refractivity contribution in [3.63, 3.8) is 0 Å². The molecule has 0 amide bonds. The lowest BCUT2D eigenvalue weighted by Crippen LogP contribution is -2.00. The summed E-state index contributed by atoms with van der Waals surface area (Å²) >= 11 is 0. The molecule has 0 radical (unpaired) electrons. The molecule has 2 heterocycles. The van der Waals surface area contributed by atoms with Crippen molar-refractivity contribution in [1.82, 2.24) is 29.9 Å². The Bertz CT molecular complexity index is 3060. The topological polar surface area (TPSA) is 77.3 Å². The van der Waals surface area contributed by atoms with Crippen molar-refractivity contribution < 1.29 is 0 Å². The first-order chi connectivity index (χ1) is 30.1. The van der Waals surface area contributed by atoms with E-state index in [-0.39, 0.29) is 0 Å². The van der Waals surface area contributed by atoms with Crippen LogP contribution < -0.4 is 0 Å². The third-order valence-electron chi connectivity index (χ3n) is 10.7. The number of aromatic nitrogens is 6. The third kappa shape index (κ3) is 7.98. The highest BCUT2D eigenvalue weighted by Gasteiger charge is 2.16. The zero-order chi connectivity index (χ0) is 41.0. The van der Waals surface area contributed by atoms with Crippen LogP contribution in [0.25, 0.3) is 102 Å². The average molecular weight is 783 g/mol. The summed E-state index contributed by atoms with van der Waals surface area (Å²) in [6.45, 7) is 2.14. The predicted octanol–water partition coefficient (Wildman–Crippen LogP) is 13.4. The summed E-state index contributed by atoms with van der Waals surface area (Å²) in [5, 5.41) is 0. The molecule has 0 atom stereocenters. The lowest BCUT2D eigenvalue weighted by atomic mass is 9.94. The minimum absolute atomic E-state index is 0.614. The van der Waals surface area contributed by atoms with Crippen molar-refractivity contribution in [1.29, 1.82) is 0 Å². The fourth-order valence-corrected chi connectivity index (χ4v) is 7.51. The molecule has 0 N–H and O–H groups in total. The van der Waals surface area contributed by atoms with Crippen LogP contribution >= 0.6 is 0 Å². The van der Waals surface area contributed by atoms with Crippen LogP contribution in [0.3, 0.4) is 0 Å². The number of nitrogens with zero attached hydrogens (tertiary/aromatic N) is 6. The lowest BCUT2D eigenvalue weighted by molar-refractivity contribution is 1.07. The van der Waals surface area contributed by atoms with Gasteiger partial charge in [-0.1, -0.05) is 194 Å². The number of hydrogen-bond acceptors (Lipinski definition) is 6. The molecular formula is C55H38N6.